The van der Waals surface area contributed by atoms with Gasteiger partial charge in [-0.05, 0) is 24.6 Å². The van der Waals surface area contributed by atoms with Gasteiger partial charge in [0.05, 0.1) is 12.6 Å². The Balaban J connectivity index is 1.95. The van der Waals surface area contributed by atoms with Gasteiger partial charge >= 0.3 is 0 Å². The SMILES string of the molecule is CN=C(NCc1ccon1)NC(C)c1ccc(F)c(F)c1. The van der Waals surface area contributed by atoms with E-state index in [0.717, 1.165) is 17.8 Å². The number of nitrogens with zero attached hydrogens (tertiary/aromatic N) is 2. The maximum absolute atomic E-state index is 13.2. The molecule has 0 saturated heterocycles. The molecule has 7 heteroatoms. The molecule has 1 aromatic carbocycles. The molecule has 112 valence electrons. The lowest BCUT2D eigenvalue weighted by atomic mass is 10.1. The van der Waals surface area contributed by atoms with Crippen LogP contribution in [-0.2, 0) is 6.54 Å². The van der Waals surface area contributed by atoms with Gasteiger partial charge in [-0.25, -0.2) is 8.78 Å². The van der Waals surface area contributed by atoms with Crippen molar-refractivity contribution in [3.63, 3.8) is 0 Å². The van der Waals surface area contributed by atoms with E-state index in [1.807, 2.05) is 6.92 Å². The fraction of sp³-hybridized carbons (Fsp3) is 0.286. The lowest BCUT2D eigenvalue weighted by Crippen LogP contribution is -2.38. The van der Waals surface area contributed by atoms with Gasteiger partial charge in [-0.1, -0.05) is 11.2 Å². The Morgan fingerprint density at radius 1 is 1.33 bits per heavy atom. The van der Waals surface area contributed by atoms with Crippen molar-refractivity contribution in [3.8, 4) is 0 Å². The first kappa shape index (κ1) is 15.0. The molecule has 0 spiro atoms. The van der Waals surface area contributed by atoms with Crippen LogP contribution >= 0.6 is 0 Å². The maximum Gasteiger partial charge on any atom is 0.191 e. The van der Waals surface area contributed by atoms with Crippen LogP contribution in [0.15, 0.2) is 40.0 Å². The number of guanidine groups is 1. The van der Waals surface area contributed by atoms with Crippen LogP contribution < -0.4 is 10.6 Å². The summed E-state index contributed by atoms with van der Waals surface area (Å²) in [6.45, 7) is 2.27. The Morgan fingerprint density at radius 2 is 2.14 bits per heavy atom. The van der Waals surface area contributed by atoms with E-state index < -0.39 is 11.6 Å². The van der Waals surface area contributed by atoms with Crippen LogP contribution in [0.2, 0.25) is 0 Å². The van der Waals surface area contributed by atoms with E-state index in [1.165, 1.54) is 12.3 Å². The van der Waals surface area contributed by atoms with Crippen molar-refractivity contribution in [3.05, 3.63) is 53.4 Å². The molecule has 0 bridgehead atoms. The largest absolute Gasteiger partial charge is 0.364 e. The Kier molecular flexibility index (Phi) is 4.86. The average Bonchev–Trinajstić information content (AvgIpc) is 2.99. The molecule has 21 heavy (non-hydrogen) atoms. The number of nitrogens with one attached hydrogen (secondary N) is 2. The van der Waals surface area contributed by atoms with Crippen LogP contribution in [0.25, 0.3) is 0 Å². The quantitative estimate of drug-likeness (QED) is 0.671. The van der Waals surface area contributed by atoms with Crippen LogP contribution in [0.5, 0.6) is 0 Å². The Labute approximate surface area is 121 Å². The highest BCUT2D eigenvalue weighted by molar-refractivity contribution is 5.80. The number of aliphatic imine (C=N–C) groups is 1. The molecule has 1 aromatic heterocycles. The van der Waals surface area contributed by atoms with E-state index in [-0.39, 0.29) is 6.04 Å². The van der Waals surface area contributed by atoms with Crippen molar-refractivity contribution in [2.24, 2.45) is 4.99 Å². The fourth-order valence-electron chi connectivity index (χ4n) is 1.77. The molecule has 0 aliphatic rings. The van der Waals surface area contributed by atoms with E-state index in [0.29, 0.717) is 18.1 Å². The van der Waals surface area contributed by atoms with E-state index in [9.17, 15) is 8.78 Å². The number of hydrogen-bond donors (Lipinski definition) is 2. The summed E-state index contributed by atoms with van der Waals surface area (Å²) < 4.78 is 30.9. The molecule has 0 fully saturated rings. The van der Waals surface area contributed by atoms with Gasteiger partial charge in [-0.3, -0.25) is 4.99 Å². The average molecular weight is 294 g/mol. The second-order valence-corrected chi connectivity index (χ2v) is 4.46. The van der Waals surface area contributed by atoms with Crippen molar-refractivity contribution in [2.45, 2.75) is 19.5 Å². The predicted octanol–water partition coefficient (Wildman–Crippen LogP) is 2.38. The number of rotatable bonds is 4. The third-order valence-electron chi connectivity index (χ3n) is 2.95. The Hall–Kier alpha value is -2.44. The molecule has 0 radical (unpaired) electrons. The van der Waals surface area contributed by atoms with Gasteiger partial charge in [0.1, 0.15) is 12.0 Å². The standard InChI is InChI=1S/C14H16F2N4O/c1-9(10-3-4-12(15)13(16)7-10)19-14(17-2)18-8-11-5-6-21-20-11/h3-7,9H,8H2,1-2H3,(H2,17,18,19). The molecule has 0 aliphatic carbocycles. The number of halogens is 2. The number of hydrogen-bond acceptors (Lipinski definition) is 3. The third-order valence-corrected chi connectivity index (χ3v) is 2.95. The molecule has 5 nitrogen and oxygen atoms in total. The van der Waals surface area contributed by atoms with Crippen LogP contribution in [0.3, 0.4) is 0 Å². The highest BCUT2D eigenvalue weighted by atomic mass is 19.2. The zero-order chi connectivity index (χ0) is 15.2. The maximum atomic E-state index is 13.2. The first-order chi connectivity index (χ1) is 10.1. The molecular formula is C14H16F2N4O. The molecule has 2 N–H and O–H groups in total. The highest BCUT2D eigenvalue weighted by Crippen LogP contribution is 2.15. The lowest BCUT2D eigenvalue weighted by Gasteiger charge is -2.18. The minimum Gasteiger partial charge on any atom is -0.364 e. The van der Waals surface area contributed by atoms with Gasteiger partial charge < -0.3 is 15.2 Å². The first-order valence-corrected chi connectivity index (χ1v) is 6.41. The summed E-state index contributed by atoms with van der Waals surface area (Å²) >= 11 is 0. The molecule has 0 aliphatic heterocycles. The van der Waals surface area contributed by atoms with Gasteiger partial charge in [0, 0.05) is 13.1 Å². The van der Waals surface area contributed by atoms with Gasteiger partial charge in [-0.15, -0.1) is 0 Å². The third kappa shape index (κ3) is 4.01. The van der Waals surface area contributed by atoms with Crippen molar-refractivity contribution in [2.75, 3.05) is 7.05 Å². The van der Waals surface area contributed by atoms with Gasteiger partial charge in [0.15, 0.2) is 17.6 Å². The molecular weight excluding hydrogens is 278 g/mol. The Bertz CT molecular complexity index is 613. The van der Waals surface area contributed by atoms with Crippen molar-refractivity contribution in [1.29, 1.82) is 0 Å². The van der Waals surface area contributed by atoms with E-state index in [2.05, 4.69) is 20.8 Å². The number of aromatic nitrogens is 1. The summed E-state index contributed by atoms with van der Waals surface area (Å²) in [6, 6.07) is 5.30. The van der Waals surface area contributed by atoms with Gasteiger partial charge in [0.25, 0.3) is 0 Å². The molecule has 1 unspecified atom stereocenters. The highest BCUT2D eigenvalue weighted by Gasteiger charge is 2.11. The van der Waals surface area contributed by atoms with Gasteiger partial charge in [-0.2, -0.15) is 0 Å². The molecule has 2 aromatic rings. The molecule has 1 heterocycles. The number of benzene rings is 1. The minimum absolute atomic E-state index is 0.233. The summed E-state index contributed by atoms with van der Waals surface area (Å²) in [4.78, 5) is 4.06. The summed E-state index contributed by atoms with van der Waals surface area (Å²) in [5.74, 6) is -1.21. The Morgan fingerprint density at radius 3 is 2.76 bits per heavy atom. The lowest BCUT2D eigenvalue weighted by molar-refractivity contribution is 0.410. The van der Waals surface area contributed by atoms with Crippen LogP contribution in [-0.4, -0.2) is 18.2 Å². The second kappa shape index (κ2) is 6.83. The smallest absolute Gasteiger partial charge is 0.191 e. The van der Waals surface area contributed by atoms with Gasteiger partial charge in [0.2, 0.25) is 0 Å². The zero-order valence-electron chi connectivity index (χ0n) is 11.7. The minimum atomic E-state index is -0.869. The second-order valence-electron chi connectivity index (χ2n) is 4.46. The zero-order valence-corrected chi connectivity index (χ0v) is 11.7. The fourth-order valence-corrected chi connectivity index (χ4v) is 1.77. The van der Waals surface area contributed by atoms with Crippen molar-refractivity contribution >= 4 is 5.96 Å². The van der Waals surface area contributed by atoms with E-state index in [1.54, 1.807) is 13.1 Å². The molecule has 2 rings (SSSR count). The van der Waals surface area contributed by atoms with E-state index in [4.69, 9.17) is 4.52 Å². The van der Waals surface area contributed by atoms with Crippen LogP contribution in [0.1, 0.15) is 24.2 Å². The monoisotopic (exact) mass is 294 g/mol. The molecule has 1 atom stereocenters. The summed E-state index contributed by atoms with van der Waals surface area (Å²) in [5.41, 5.74) is 1.36. The van der Waals surface area contributed by atoms with E-state index >= 15 is 0 Å². The van der Waals surface area contributed by atoms with Crippen LogP contribution in [0.4, 0.5) is 8.78 Å². The predicted molar refractivity (Wildman–Crippen MR) is 74.6 cm³/mol. The molecule has 0 saturated carbocycles. The normalized spacial score (nSPS) is 13.0. The summed E-state index contributed by atoms with van der Waals surface area (Å²) in [7, 11) is 1.62. The molecule has 0 amide bonds. The van der Waals surface area contributed by atoms with Crippen molar-refractivity contribution < 1.29 is 13.3 Å². The van der Waals surface area contributed by atoms with Crippen LogP contribution in [0, 0.1) is 11.6 Å². The topological polar surface area (TPSA) is 62.5 Å². The summed E-state index contributed by atoms with van der Waals surface area (Å²) in [5, 5.41) is 9.90. The summed E-state index contributed by atoms with van der Waals surface area (Å²) in [6.07, 6.45) is 1.48. The first-order valence-electron chi connectivity index (χ1n) is 6.41. The van der Waals surface area contributed by atoms with Crippen molar-refractivity contribution in [1.82, 2.24) is 15.8 Å².